The van der Waals surface area contributed by atoms with Crippen molar-refractivity contribution in [3.05, 3.63) is 58.7 Å². The summed E-state index contributed by atoms with van der Waals surface area (Å²) in [6.07, 6.45) is 6.75. The number of hydrogen-bond donors (Lipinski definition) is 0. The van der Waals surface area contributed by atoms with Gasteiger partial charge in [-0.25, -0.2) is 9.97 Å². The van der Waals surface area contributed by atoms with Gasteiger partial charge >= 0.3 is 0 Å². The lowest BCUT2D eigenvalue weighted by molar-refractivity contribution is 0.360. The molecule has 190 valence electrons. The van der Waals surface area contributed by atoms with E-state index in [1.54, 1.807) is 0 Å². The van der Waals surface area contributed by atoms with Crippen molar-refractivity contribution < 1.29 is 4.42 Å². The summed E-state index contributed by atoms with van der Waals surface area (Å²) in [6.45, 7) is 12.7. The molecule has 3 aromatic heterocycles. The first-order valence-corrected chi connectivity index (χ1v) is 13.0. The number of rotatable bonds is 6. The van der Waals surface area contributed by atoms with Gasteiger partial charge in [0.15, 0.2) is 5.65 Å². The molecule has 0 atom stereocenters. The van der Waals surface area contributed by atoms with Gasteiger partial charge in [0.1, 0.15) is 5.52 Å². The molecular formula is C28H37N7O. The minimum Gasteiger partial charge on any atom is -0.426 e. The summed E-state index contributed by atoms with van der Waals surface area (Å²) in [5.74, 6) is 2.83. The molecule has 4 aromatic rings. The quantitative estimate of drug-likeness (QED) is 0.374. The van der Waals surface area contributed by atoms with E-state index in [9.17, 15) is 0 Å². The van der Waals surface area contributed by atoms with Gasteiger partial charge in [-0.3, -0.25) is 0 Å². The minimum atomic E-state index is 0.105. The molecule has 0 spiro atoms. The van der Waals surface area contributed by atoms with Gasteiger partial charge in [0.05, 0.1) is 12.0 Å². The van der Waals surface area contributed by atoms with Gasteiger partial charge in [0.25, 0.3) is 0 Å². The number of imidazole rings is 1. The number of hydrogen-bond acceptors (Lipinski definition) is 7. The third-order valence-electron chi connectivity index (χ3n) is 7.44. The Morgan fingerprint density at radius 3 is 2.53 bits per heavy atom. The Labute approximate surface area is 213 Å². The van der Waals surface area contributed by atoms with Gasteiger partial charge in [0.2, 0.25) is 17.7 Å². The molecule has 4 heterocycles. The number of piperidine rings is 1. The average Bonchev–Trinajstić information content (AvgIpc) is 3.44. The number of nitrogens with zero attached hydrogens (tertiary/aromatic N) is 7. The van der Waals surface area contributed by atoms with Crippen molar-refractivity contribution in [1.82, 2.24) is 29.7 Å². The summed E-state index contributed by atoms with van der Waals surface area (Å²) in [5.41, 5.74) is 6.88. The van der Waals surface area contributed by atoms with E-state index in [1.165, 1.54) is 16.7 Å². The SMILES string of the molecule is Cc1nnc(CCC2CCN(c3nc(Cc4cc(C(C)(C)C)ccc4C)c4c(ncn4C)n3)CC2)o1. The molecule has 8 heteroatoms. The van der Waals surface area contributed by atoms with Gasteiger partial charge in [0, 0.05) is 39.9 Å². The number of aryl methyl sites for hydroxylation is 4. The lowest BCUT2D eigenvalue weighted by Gasteiger charge is -2.32. The first kappa shape index (κ1) is 24.4. The van der Waals surface area contributed by atoms with Gasteiger partial charge in [-0.2, -0.15) is 4.98 Å². The van der Waals surface area contributed by atoms with Crippen LogP contribution in [0.3, 0.4) is 0 Å². The maximum atomic E-state index is 5.54. The summed E-state index contributed by atoms with van der Waals surface area (Å²) in [5, 5.41) is 8.08. The second kappa shape index (κ2) is 9.64. The molecule has 1 aliphatic rings. The van der Waals surface area contributed by atoms with Crippen LogP contribution >= 0.6 is 0 Å². The number of anilines is 1. The zero-order valence-corrected chi connectivity index (χ0v) is 22.4. The van der Waals surface area contributed by atoms with Crippen molar-refractivity contribution in [3.63, 3.8) is 0 Å². The molecule has 0 aliphatic carbocycles. The lowest BCUT2D eigenvalue weighted by Crippen LogP contribution is -2.35. The highest BCUT2D eigenvalue weighted by molar-refractivity contribution is 5.75. The fourth-order valence-corrected chi connectivity index (χ4v) is 5.09. The zero-order valence-electron chi connectivity index (χ0n) is 22.4. The monoisotopic (exact) mass is 487 g/mol. The van der Waals surface area contributed by atoms with Gasteiger partial charge < -0.3 is 13.9 Å². The van der Waals surface area contributed by atoms with E-state index in [0.717, 1.165) is 73.9 Å². The molecular weight excluding hydrogens is 450 g/mol. The zero-order chi connectivity index (χ0) is 25.4. The Morgan fingerprint density at radius 1 is 1.06 bits per heavy atom. The van der Waals surface area contributed by atoms with Crippen LogP contribution in [0.1, 0.15) is 74.2 Å². The van der Waals surface area contributed by atoms with Crippen LogP contribution in [0, 0.1) is 19.8 Å². The van der Waals surface area contributed by atoms with Gasteiger partial charge in [-0.15, -0.1) is 10.2 Å². The number of fused-ring (bicyclic) bond motifs is 1. The van der Waals surface area contributed by atoms with Crippen LogP contribution in [0.15, 0.2) is 28.9 Å². The second-order valence-corrected chi connectivity index (χ2v) is 11.2. The van der Waals surface area contributed by atoms with E-state index in [2.05, 4.69) is 66.0 Å². The van der Waals surface area contributed by atoms with Crippen LogP contribution < -0.4 is 4.90 Å². The third kappa shape index (κ3) is 5.13. The predicted octanol–water partition coefficient (Wildman–Crippen LogP) is 5.10. The van der Waals surface area contributed by atoms with Crippen LogP contribution in [0.5, 0.6) is 0 Å². The Bertz CT molecular complexity index is 1360. The highest BCUT2D eigenvalue weighted by Crippen LogP contribution is 2.29. The fraction of sp³-hybridized carbons (Fsp3) is 0.536. The first-order chi connectivity index (χ1) is 17.2. The fourth-order valence-electron chi connectivity index (χ4n) is 5.09. The van der Waals surface area contributed by atoms with E-state index in [0.29, 0.717) is 11.8 Å². The molecule has 0 amide bonds. The highest BCUT2D eigenvalue weighted by Gasteiger charge is 2.24. The molecule has 0 radical (unpaired) electrons. The van der Waals surface area contributed by atoms with Crippen LogP contribution in [-0.2, 0) is 25.3 Å². The summed E-state index contributed by atoms with van der Waals surface area (Å²) in [6, 6.07) is 6.82. The Morgan fingerprint density at radius 2 is 1.83 bits per heavy atom. The smallest absolute Gasteiger partial charge is 0.227 e. The molecule has 0 bridgehead atoms. The van der Waals surface area contributed by atoms with E-state index in [1.807, 2.05) is 24.9 Å². The van der Waals surface area contributed by atoms with Crippen molar-refractivity contribution >= 4 is 17.1 Å². The lowest BCUT2D eigenvalue weighted by atomic mass is 9.84. The first-order valence-electron chi connectivity index (χ1n) is 13.0. The summed E-state index contributed by atoms with van der Waals surface area (Å²) >= 11 is 0. The van der Waals surface area contributed by atoms with Crippen molar-refractivity contribution in [2.24, 2.45) is 13.0 Å². The average molecular weight is 488 g/mol. The molecule has 1 aromatic carbocycles. The van der Waals surface area contributed by atoms with E-state index in [-0.39, 0.29) is 5.41 Å². The summed E-state index contributed by atoms with van der Waals surface area (Å²) in [4.78, 5) is 16.9. The molecule has 0 saturated carbocycles. The van der Waals surface area contributed by atoms with Crippen LogP contribution in [0.4, 0.5) is 5.95 Å². The molecule has 1 saturated heterocycles. The van der Waals surface area contributed by atoms with E-state index >= 15 is 0 Å². The predicted molar refractivity (Wildman–Crippen MR) is 141 cm³/mol. The summed E-state index contributed by atoms with van der Waals surface area (Å²) < 4.78 is 7.59. The molecule has 1 aliphatic heterocycles. The molecule has 1 fully saturated rings. The molecule has 36 heavy (non-hydrogen) atoms. The van der Waals surface area contributed by atoms with Crippen molar-refractivity contribution in [2.45, 2.75) is 72.1 Å². The standard InChI is InChI=1S/C28H37N7O/c1-18-7-9-22(28(3,4)5)15-21(18)16-23-25-26(29-17-34(25)6)31-27(30-23)35-13-11-20(12-14-35)8-10-24-33-32-19(2)36-24/h7,9,15,17,20H,8,10-14,16H2,1-6H3. The molecule has 0 unspecified atom stereocenters. The Balaban J connectivity index is 1.35. The largest absolute Gasteiger partial charge is 0.426 e. The maximum Gasteiger partial charge on any atom is 0.227 e. The topological polar surface area (TPSA) is 85.8 Å². The minimum absolute atomic E-state index is 0.105. The highest BCUT2D eigenvalue weighted by atomic mass is 16.4. The molecule has 0 N–H and O–H groups in total. The maximum absolute atomic E-state index is 5.54. The number of aromatic nitrogens is 6. The number of benzene rings is 1. The molecule has 8 nitrogen and oxygen atoms in total. The van der Waals surface area contributed by atoms with Crippen LogP contribution in [0.25, 0.3) is 11.2 Å². The van der Waals surface area contributed by atoms with Gasteiger partial charge in [-0.05, 0) is 54.2 Å². The van der Waals surface area contributed by atoms with Crippen LogP contribution in [0.2, 0.25) is 0 Å². The van der Waals surface area contributed by atoms with Crippen molar-refractivity contribution in [1.29, 1.82) is 0 Å². The second-order valence-electron chi connectivity index (χ2n) is 11.2. The normalized spacial score (nSPS) is 15.2. The Hall–Kier alpha value is -3.29. The van der Waals surface area contributed by atoms with Crippen LogP contribution in [-0.4, -0.2) is 42.8 Å². The van der Waals surface area contributed by atoms with Gasteiger partial charge in [-0.1, -0.05) is 39.0 Å². The molecule has 5 rings (SSSR count). The van der Waals surface area contributed by atoms with Crippen molar-refractivity contribution in [2.75, 3.05) is 18.0 Å². The summed E-state index contributed by atoms with van der Waals surface area (Å²) in [7, 11) is 2.02. The van der Waals surface area contributed by atoms with E-state index < -0.39 is 0 Å². The van der Waals surface area contributed by atoms with Crippen molar-refractivity contribution in [3.8, 4) is 0 Å². The Kier molecular flexibility index (Phi) is 6.53. The third-order valence-corrected chi connectivity index (χ3v) is 7.44. The van der Waals surface area contributed by atoms with E-state index in [4.69, 9.17) is 14.4 Å².